The van der Waals surface area contributed by atoms with Crippen LogP contribution in [0.1, 0.15) is 25.2 Å². The van der Waals surface area contributed by atoms with Gasteiger partial charge in [0, 0.05) is 13.1 Å². The van der Waals surface area contributed by atoms with Gasteiger partial charge in [0.1, 0.15) is 17.2 Å². The lowest BCUT2D eigenvalue weighted by molar-refractivity contribution is 0.243. The van der Waals surface area contributed by atoms with Gasteiger partial charge in [-0.15, -0.1) is 0 Å². The van der Waals surface area contributed by atoms with Crippen LogP contribution >= 0.6 is 0 Å². The molecule has 0 radical (unpaired) electrons. The third-order valence-electron chi connectivity index (χ3n) is 3.01. The standard InChI is InChI=1S/C15H21N3O2/c1-9(2)19-14-8-12(6-7-13(14)16)20-15-10(3)17-18(5)11(15)4/h6-9H,16H2,1-5H3. The molecule has 2 N–H and O–H groups in total. The molecule has 108 valence electrons. The Balaban J connectivity index is 2.30. The van der Waals surface area contributed by atoms with Crippen LogP contribution in [0.3, 0.4) is 0 Å². The van der Waals surface area contributed by atoms with Crippen LogP contribution in [0, 0.1) is 13.8 Å². The van der Waals surface area contributed by atoms with Crippen LogP contribution in [0.2, 0.25) is 0 Å². The Kier molecular flexibility index (Phi) is 3.88. The molecule has 0 saturated carbocycles. The zero-order valence-electron chi connectivity index (χ0n) is 12.6. The van der Waals surface area contributed by atoms with E-state index in [2.05, 4.69) is 5.10 Å². The number of nitrogens with zero attached hydrogens (tertiary/aromatic N) is 2. The summed E-state index contributed by atoms with van der Waals surface area (Å²) in [5.74, 6) is 2.10. The molecule has 0 bridgehead atoms. The van der Waals surface area contributed by atoms with Crippen molar-refractivity contribution in [1.29, 1.82) is 0 Å². The molecule has 0 aliphatic rings. The van der Waals surface area contributed by atoms with Crippen LogP contribution in [0.4, 0.5) is 5.69 Å². The van der Waals surface area contributed by atoms with Crippen LogP contribution in [0.5, 0.6) is 17.2 Å². The minimum atomic E-state index is 0.0643. The molecule has 2 rings (SSSR count). The van der Waals surface area contributed by atoms with Crippen molar-refractivity contribution < 1.29 is 9.47 Å². The number of benzene rings is 1. The van der Waals surface area contributed by atoms with Crippen LogP contribution in [0.25, 0.3) is 0 Å². The zero-order chi connectivity index (χ0) is 14.9. The molecule has 0 spiro atoms. The maximum Gasteiger partial charge on any atom is 0.171 e. The van der Waals surface area contributed by atoms with Gasteiger partial charge < -0.3 is 15.2 Å². The maximum absolute atomic E-state index is 5.92. The topological polar surface area (TPSA) is 62.3 Å². The number of aryl methyl sites for hydroxylation is 2. The van der Waals surface area contributed by atoms with E-state index in [1.54, 1.807) is 16.8 Å². The summed E-state index contributed by atoms with van der Waals surface area (Å²) in [6.07, 6.45) is 0.0643. The predicted octanol–water partition coefficient (Wildman–Crippen LogP) is 3.20. The Labute approximate surface area is 119 Å². The van der Waals surface area contributed by atoms with Gasteiger partial charge in [-0.2, -0.15) is 5.10 Å². The highest BCUT2D eigenvalue weighted by molar-refractivity contribution is 5.56. The lowest BCUT2D eigenvalue weighted by Gasteiger charge is -2.14. The summed E-state index contributed by atoms with van der Waals surface area (Å²) in [6, 6.07) is 5.42. The summed E-state index contributed by atoms with van der Waals surface area (Å²) < 4.78 is 13.4. The van der Waals surface area contributed by atoms with Gasteiger partial charge >= 0.3 is 0 Å². The second-order valence-corrected chi connectivity index (χ2v) is 5.09. The molecule has 0 fully saturated rings. The van der Waals surface area contributed by atoms with E-state index in [0.717, 1.165) is 17.1 Å². The molecular weight excluding hydrogens is 254 g/mol. The molecule has 20 heavy (non-hydrogen) atoms. The molecular formula is C15H21N3O2. The van der Waals surface area contributed by atoms with E-state index in [9.17, 15) is 0 Å². The molecule has 1 aromatic carbocycles. The van der Waals surface area contributed by atoms with Gasteiger partial charge in [-0.1, -0.05) is 0 Å². The molecule has 1 aromatic heterocycles. The Hall–Kier alpha value is -2.17. The summed E-state index contributed by atoms with van der Waals surface area (Å²) in [4.78, 5) is 0. The summed E-state index contributed by atoms with van der Waals surface area (Å²) in [5, 5.41) is 4.33. The monoisotopic (exact) mass is 275 g/mol. The molecule has 5 nitrogen and oxygen atoms in total. The first-order chi connectivity index (χ1) is 9.38. The molecule has 0 aliphatic carbocycles. The van der Waals surface area contributed by atoms with Gasteiger partial charge in [-0.3, -0.25) is 4.68 Å². The van der Waals surface area contributed by atoms with E-state index < -0.39 is 0 Å². The number of nitrogens with two attached hydrogens (primary N) is 1. The van der Waals surface area contributed by atoms with Crippen molar-refractivity contribution in [2.75, 3.05) is 5.73 Å². The smallest absolute Gasteiger partial charge is 0.171 e. The predicted molar refractivity (Wildman–Crippen MR) is 79.4 cm³/mol. The fourth-order valence-corrected chi connectivity index (χ4v) is 1.95. The average molecular weight is 275 g/mol. The van der Waals surface area contributed by atoms with Gasteiger partial charge in [0.05, 0.1) is 17.5 Å². The quantitative estimate of drug-likeness (QED) is 0.870. The summed E-state index contributed by atoms with van der Waals surface area (Å²) in [7, 11) is 1.89. The van der Waals surface area contributed by atoms with Crippen LogP contribution in [-0.2, 0) is 7.05 Å². The molecule has 0 saturated heterocycles. The third-order valence-corrected chi connectivity index (χ3v) is 3.01. The van der Waals surface area contributed by atoms with Gasteiger partial charge in [0.25, 0.3) is 0 Å². The number of rotatable bonds is 4. The van der Waals surface area contributed by atoms with E-state index in [0.29, 0.717) is 17.2 Å². The number of hydrogen-bond donors (Lipinski definition) is 1. The number of nitrogen functional groups attached to an aromatic ring is 1. The van der Waals surface area contributed by atoms with Crippen molar-refractivity contribution in [3.63, 3.8) is 0 Å². The summed E-state index contributed by atoms with van der Waals surface area (Å²) in [5.41, 5.74) is 8.33. The SMILES string of the molecule is Cc1nn(C)c(C)c1Oc1ccc(N)c(OC(C)C)c1. The molecule has 0 unspecified atom stereocenters. The van der Waals surface area contributed by atoms with E-state index in [-0.39, 0.29) is 6.10 Å². The normalized spacial score (nSPS) is 10.9. The first kappa shape index (κ1) is 14.2. The Morgan fingerprint density at radius 3 is 2.50 bits per heavy atom. The second-order valence-electron chi connectivity index (χ2n) is 5.09. The van der Waals surface area contributed by atoms with Gasteiger partial charge in [0.2, 0.25) is 0 Å². The Morgan fingerprint density at radius 2 is 1.95 bits per heavy atom. The number of hydrogen-bond acceptors (Lipinski definition) is 4. The largest absolute Gasteiger partial charge is 0.489 e. The van der Waals surface area contributed by atoms with E-state index >= 15 is 0 Å². The van der Waals surface area contributed by atoms with Crippen molar-refractivity contribution in [2.24, 2.45) is 7.05 Å². The van der Waals surface area contributed by atoms with Crippen molar-refractivity contribution >= 4 is 5.69 Å². The first-order valence-electron chi connectivity index (χ1n) is 6.62. The lowest BCUT2D eigenvalue weighted by atomic mass is 10.2. The highest BCUT2D eigenvalue weighted by Gasteiger charge is 2.13. The molecule has 0 atom stereocenters. The van der Waals surface area contributed by atoms with Crippen molar-refractivity contribution in [3.05, 3.63) is 29.6 Å². The molecule has 2 aromatic rings. The van der Waals surface area contributed by atoms with E-state index in [1.807, 2.05) is 40.8 Å². The van der Waals surface area contributed by atoms with Gasteiger partial charge in [-0.05, 0) is 39.8 Å². The molecule has 0 amide bonds. The number of anilines is 1. The second kappa shape index (κ2) is 5.45. The Morgan fingerprint density at radius 1 is 1.25 bits per heavy atom. The van der Waals surface area contributed by atoms with Crippen molar-refractivity contribution in [2.45, 2.75) is 33.8 Å². The van der Waals surface area contributed by atoms with Gasteiger partial charge in [0.15, 0.2) is 5.75 Å². The molecule has 0 aliphatic heterocycles. The number of ether oxygens (including phenoxy) is 2. The van der Waals surface area contributed by atoms with E-state index in [4.69, 9.17) is 15.2 Å². The maximum atomic E-state index is 5.92. The minimum Gasteiger partial charge on any atom is -0.489 e. The highest BCUT2D eigenvalue weighted by Crippen LogP contribution is 2.33. The van der Waals surface area contributed by atoms with Crippen molar-refractivity contribution in [3.8, 4) is 17.2 Å². The minimum absolute atomic E-state index is 0.0643. The molecule has 5 heteroatoms. The van der Waals surface area contributed by atoms with Crippen LogP contribution in [0.15, 0.2) is 18.2 Å². The van der Waals surface area contributed by atoms with Crippen LogP contribution < -0.4 is 15.2 Å². The lowest BCUT2D eigenvalue weighted by Crippen LogP contribution is -2.07. The number of aromatic nitrogens is 2. The fraction of sp³-hybridized carbons (Fsp3) is 0.400. The Bertz CT molecular complexity index is 618. The summed E-state index contributed by atoms with van der Waals surface area (Å²) >= 11 is 0. The first-order valence-corrected chi connectivity index (χ1v) is 6.62. The van der Waals surface area contributed by atoms with Crippen LogP contribution in [-0.4, -0.2) is 15.9 Å². The third kappa shape index (κ3) is 2.87. The summed E-state index contributed by atoms with van der Waals surface area (Å²) in [6.45, 7) is 7.81. The zero-order valence-corrected chi connectivity index (χ0v) is 12.6. The fourth-order valence-electron chi connectivity index (χ4n) is 1.95. The van der Waals surface area contributed by atoms with Gasteiger partial charge in [-0.25, -0.2) is 0 Å². The highest BCUT2D eigenvalue weighted by atomic mass is 16.5. The average Bonchev–Trinajstić information content (AvgIpc) is 2.59. The molecule has 1 heterocycles. The van der Waals surface area contributed by atoms with Crippen molar-refractivity contribution in [1.82, 2.24) is 9.78 Å². The van der Waals surface area contributed by atoms with E-state index in [1.165, 1.54) is 0 Å².